The highest BCUT2D eigenvalue weighted by molar-refractivity contribution is 5.50. The molecular weight excluding hydrogens is 240 g/mol. The van der Waals surface area contributed by atoms with Gasteiger partial charge < -0.3 is 14.6 Å². The van der Waals surface area contributed by atoms with Crippen molar-refractivity contribution in [1.29, 1.82) is 0 Å². The number of ether oxygens (including phenoxy) is 2. The van der Waals surface area contributed by atoms with Crippen LogP contribution < -0.4 is 9.47 Å². The van der Waals surface area contributed by atoms with Gasteiger partial charge in [-0.05, 0) is 39.2 Å². The Morgan fingerprint density at radius 1 is 1.21 bits per heavy atom. The van der Waals surface area contributed by atoms with Crippen LogP contribution in [0, 0.1) is 0 Å². The molecule has 1 aromatic carbocycles. The van der Waals surface area contributed by atoms with E-state index in [1.807, 2.05) is 12.1 Å². The third-order valence-corrected chi connectivity index (χ3v) is 3.36. The van der Waals surface area contributed by atoms with E-state index in [9.17, 15) is 0 Å². The fourth-order valence-corrected chi connectivity index (χ4v) is 2.45. The average Bonchev–Trinajstić information content (AvgIpc) is 2.68. The number of aliphatic hydroxyl groups excluding tert-OH is 1. The number of hydrogen-bond donors (Lipinski definition) is 1. The van der Waals surface area contributed by atoms with E-state index < -0.39 is 0 Å². The Morgan fingerprint density at radius 3 is 2.79 bits per heavy atom. The summed E-state index contributed by atoms with van der Waals surface area (Å²) in [5.74, 6) is 1.79. The van der Waals surface area contributed by atoms with Crippen LogP contribution in [0.1, 0.15) is 45.1 Å². The van der Waals surface area contributed by atoms with Crippen LogP contribution >= 0.6 is 0 Å². The molecule has 1 aromatic rings. The summed E-state index contributed by atoms with van der Waals surface area (Å²) in [6.45, 7) is 5.21. The van der Waals surface area contributed by atoms with E-state index in [0.717, 1.165) is 43.6 Å². The van der Waals surface area contributed by atoms with Crippen LogP contribution in [0.5, 0.6) is 11.5 Å². The standard InChI is InChI=1S/C16H24O3/c1-16(2)12-13-8-7-9-14(15(13)19-16)18-11-6-4-3-5-10-17/h7-9,17H,3-6,10-12H2,1-2H3. The zero-order valence-corrected chi connectivity index (χ0v) is 11.9. The number of unbranched alkanes of at least 4 members (excludes halogenated alkanes) is 3. The maximum Gasteiger partial charge on any atom is 0.165 e. The molecule has 0 fully saturated rings. The highest BCUT2D eigenvalue weighted by Gasteiger charge is 2.32. The molecule has 1 N–H and O–H groups in total. The monoisotopic (exact) mass is 264 g/mol. The number of benzene rings is 1. The van der Waals surface area contributed by atoms with Gasteiger partial charge in [0.2, 0.25) is 0 Å². The van der Waals surface area contributed by atoms with Crippen molar-refractivity contribution < 1.29 is 14.6 Å². The SMILES string of the molecule is CC1(C)Cc2cccc(OCCCCCCO)c2O1. The lowest BCUT2D eigenvalue weighted by Crippen LogP contribution is -2.24. The first-order valence-corrected chi connectivity index (χ1v) is 7.17. The maximum absolute atomic E-state index is 8.71. The summed E-state index contributed by atoms with van der Waals surface area (Å²) >= 11 is 0. The van der Waals surface area contributed by atoms with Crippen LogP contribution in [0.4, 0.5) is 0 Å². The highest BCUT2D eigenvalue weighted by Crippen LogP contribution is 2.41. The second-order valence-electron chi connectivity index (χ2n) is 5.77. The maximum atomic E-state index is 8.71. The molecule has 2 rings (SSSR count). The second-order valence-corrected chi connectivity index (χ2v) is 5.77. The van der Waals surface area contributed by atoms with Crippen molar-refractivity contribution in [2.75, 3.05) is 13.2 Å². The van der Waals surface area contributed by atoms with E-state index in [1.165, 1.54) is 5.56 Å². The molecule has 0 aliphatic carbocycles. The fraction of sp³-hybridized carbons (Fsp3) is 0.625. The molecule has 19 heavy (non-hydrogen) atoms. The van der Waals surface area contributed by atoms with Crippen molar-refractivity contribution in [3.63, 3.8) is 0 Å². The van der Waals surface area contributed by atoms with Gasteiger partial charge in [-0.1, -0.05) is 18.6 Å². The first kappa shape index (κ1) is 14.2. The van der Waals surface area contributed by atoms with Crippen LogP contribution in [-0.2, 0) is 6.42 Å². The summed E-state index contributed by atoms with van der Waals surface area (Å²) in [6.07, 6.45) is 5.01. The van der Waals surface area contributed by atoms with E-state index in [4.69, 9.17) is 14.6 Å². The van der Waals surface area contributed by atoms with Gasteiger partial charge in [0.15, 0.2) is 11.5 Å². The Kier molecular flexibility index (Phi) is 4.70. The van der Waals surface area contributed by atoms with Gasteiger partial charge >= 0.3 is 0 Å². The molecule has 0 amide bonds. The molecule has 0 radical (unpaired) electrons. The summed E-state index contributed by atoms with van der Waals surface area (Å²) in [5.41, 5.74) is 1.12. The number of rotatable bonds is 7. The van der Waals surface area contributed by atoms with Gasteiger partial charge in [0.1, 0.15) is 5.60 Å². The number of fused-ring (bicyclic) bond motifs is 1. The molecule has 106 valence electrons. The molecule has 0 saturated carbocycles. The highest BCUT2D eigenvalue weighted by atomic mass is 16.5. The fourth-order valence-electron chi connectivity index (χ4n) is 2.45. The second kappa shape index (κ2) is 6.29. The van der Waals surface area contributed by atoms with Crippen molar-refractivity contribution in [3.8, 4) is 11.5 Å². The van der Waals surface area contributed by atoms with E-state index in [2.05, 4.69) is 19.9 Å². The van der Waals surface area contributed by atoms with Gasteiger partial charge in [-0.2, -0.15) is 0 Å². The molecule has 0 atom stereocenters. The Balaban J connectivity index is 1.84. The topological polar surface area (TPSA) is 38.7 Å². The molecule has 3 nitrogen and oxygen atoms in total. The Hall–Kier alpha value is -1.22. The minimum atomic E-state index is -0.122. The van der Waals surface area contributed by atoms with Gasteiger partial charge in [0.25, 0.3) is 0 Å². The lowest BCUT2D eigenvalue weighted by atomic mass is 10.0. The first-order valence-electron chi connectivity index (χ1n) is 7.17. The third-order valence-electron chi connectivity index (χ3n) is 3.36. The van der Waals surface area contributed by atoms with Gasteiger partial charge in [0, 0.05) is 18.6 Å². The lowest BCUT2D eigenvalue weighted by molar-refractivity contribution is 0.132. The van der Waals surface area contributed by atoms with Crippen molar-refractivity contribution in [1.82, 2.24) is 0 Å². The van der Waals surface area contributed by atoms with Crippen molar-refractivity contribution in [2.24, 2.45) is 0 Å². The van der Waals surface area contributed by atoms with Crippen LogP contribution in [0.25, 0.3) is 0 Å². The predicted octanol–water partition coefficient (Wildman–Crippen LogP) is 3.33. The van der Waals surface area contributed by atoms with Crippen molar-refractivity contribution in [2.45, 2.75) is 51.6 Å². The van der Waals surface area contributed by atoms with Gasteiger partial charge in [0.05, 0.1) is 6.61 Å². The van der Waals surface area contributed by atoms with E-state index in [0.29, 0.717) is 6.61 Å². The quantitative estimate of drug-likeness (QED) is 0.768. The summed E-state index contributed by atoms with van der Waals surface area (Å²) in [5, 5.41) is 8.71. The molecule has 1 aliphatic heterocycles. The largest absolute Gasteiger partial charge is 0.490 e. The molecule has 1 aliphatic rings. The summed E-state index contributed by atoms with van der Waals surface area (Å²) in [7, 11) is 0. The lowest BCUT2D eigenvalue weighted by Gasteiger charge is -2.18. The summed E-state index contributed by atoms with van der Waals surface area (Å²) in [4.78, 5) is 0. The zero-order chi connectivity index (χ0) is 13.7. The Bertz CT molecular complexity index is 412. The van der Waals surface area contributed by atoms with E-state index in [1.54, 1.807) is 0 Å². The molecule has 0 unspecified atom stereocenters. The number of aliphatic hydroxyl groups is 1. The van der Waals surface area contributed by atoms with Crippen LogP contribution in [-0.4, -0.2) is 23.9 Å². The van der Waals surface area contributed by atoms with Gasteiger partial charge in [-0.25, -0.2) is 0 Å². The van der Waals surface area contributed by atoms with Gasteiger partial charge in [-0.15, -0.1) is 0 Å². The molecule has 0 spiro atoms. The predicted molar refractivity (Wildman–Crippen MR) is 75.9 cm³/mol. The van der Waals surface area contributed by atoms with E-state index in [-0.39, 0.29) is 12.2 Å². The molecule has 3 heteroatoms. The van der Waals surface area contributed by atoms with Gasteiger partial charge in [-0.3, -0.25) is 0 Å². The zero-order valence-electron chi connectivity index (χ0n) is 11.9. The minimum Gasteiger partial charge on any atom is -0.490 e. The van der Waals surface area contributed by atoms with E-state index >= 15 is 0 Å². The first-order chi connectivity index (χ1) is 9.12. The summed E-state index contributed by atoms with van der Waals surface area (Å²) < 4.78 is 11.8. The van der Waals surface area contributed by atoms with Crippen LogP contribution in [0.2, 0.25) is 0 Å². The number of hydrogen-bond acceptors (Lipinski definition) is 3. The smallest absolute Gasteiger partial charge is 0.165 e. The van der Waals surface area contributed by atoms with Crippen molar-refractivity contribution in [3.05, 3.63) is 23.8 Å². The van der Waals surface area contributed by atoms with Crippen molar-refractivity contribution >= 4 is 0 Å². The molecule has 1 heterocycles. The Morgan fingerprint density at radius 2 is 2.00 bits per heavy atom. The Labute approximate surface area is 115 Å². The number of para-hydroxylation sites is 1. The minimum absolute atomic E-state index is 0.122. The molecular formula is C16H24O3. The molecule has 0 aromatic heterocycles. The molecule has 0 saturated heterocycles. The summed E-state index contributed by atoms with van der Waals surface area (Å²) in [6, 6.07) is 6.12. The van der Waals surface area contributed by atoms with Crippen LogP contribution in [0.3, 0.4) is 0 Å². The molecule has 0 bridgehead atoms. The van der Waals surface area contributed by atoms with Crippen LogP contribution in [0.15, 0.2) is 18.2 Å². The normalized spacial score (nSPS) is 15.9. The third kappa shape index (κ3) is 3.87. The average molecular weight is 264 g/mol.